The van der Waals surface area contributed by atoms with Crippen LogP contribution in [0.25, 0.3) is 0 Å². The molecule has 0 amide bonds. The molecule has 6 heteroatoms. The molecule has 0 radical (unpaired) electrons. The molecule has 2 N–H and O–H groups in total. The second kappa shape index (κ2) is 5.81. The number of ether oxygens (including phenoxy) is 1. The van der Waals surface area contributed by atoms with Crippen LogP contribution in [0.5, 0.6) is 5.75 Å². The summed E-state index contributed by atoms with van der Waals surface area (Å²) in [5.74, 6) is 0.456. The van der Waals surface area contributed by atoms with E-state index in [-0.39, 0.29) is 6.04 Å². The van der Waals surface area contributed by atoms with Gasteiger partial charge in [-0.25, -0.2) is 0 Å². The number of nitrogen functional groups attached to an aromatic ring is 1. The zero-order chi connectivity index (χ0) is 14.8. The standard InChI is InChI=1S/C14H19F3N2O/c1-2-7-20-13-8-11(5-6-12(13)18)19(10-3-4-10)9-14(15,16)17/h5-6,8,10H,2-4,7,9,18H2,1H3. The smallest absolute Gasteiger partial charge is 0.405 e. The zero-order valence-electron chi connectivity index (χ0n) is 11.4. The topological polar surface area (TPSA) is 38.5 Å². The van der Waals surface area contributed by atoms with Crippen molar-refractivity contribution >= 4 is 11.4 Å². The van der Waals surface area contributed by atoms with E-state index in [4.69, 9.17) is 10.5 Å². The minimum absolute atomic E-state index is 0.0284. The van der Waals surface area contributed by atoms with E-state index in [0.29, 0.717) is 23.7 Å². The van der Waals surface area contributed by atoms with Crippen molar-refractivity contribution in [2.75, 3.05) is 23.8 Å². The number of hydrogen-bond donors (Lipinski definition) is 1. The van der Waals surface area contributed by atoms with Gasteiger partial charge in [-0.05, 0) is 31.4 Å². The summed E-state index contributed by atoms with van der Waals surface area (Å²) in [6.45, 7) is 1.52. The lowest BCUT2D eigenvalue weighted by molar-refractivity contribution is -0.120. The second-order valence-electron chi connectivity index (χ2n) is 5.04. The third-order valence-corrected chi connectivity index (χ3v) is 3.13. The van der Waals surface area contributed by atoms with Crippen molar-refractivity contribution < 1.29 is 17.9 Å². The highest BCUT2D eigenvalue weighted by molar-refractivity contribution is 5.63. The quantitative estimate of drug-likeness (QED) is 0.813. The predicted octanol–water partition coefficient (Wildman–Crippen LogP) is 3.59. The number of nitrogens with two attached hydrogens (primary N) is 1. The minimum Gasteiger partial charge on any atom is -0.491 e. The van der Waals surface area contributed by atoms with Crippen LogP contribution in [0.1, 0.15) is 26.2 Å². The molecule has 1 fully saturated rings. The number of alkyl halides is 3. The number of anilines is 2. The fraction of sp³-hybridized carbons (Fsp3) is 0.571. The molecule has 20 heavy (non-hydrogen) atoms. The van der Waals surface area contributed by atoms with E-state index in [1.807, 2.05) is 6.92 Å². The Balaban J connectivity index is 2.20. The maximum absolute atomic E-state index is 12.7. The van der Waals surface area contributed by atoms with Gasteiger partial charge < -0.3 is 15.4 Å². The normalized spacial score (nSPS) is 15.2. The van der Waals surface area contributed by atoms with Crippen LogP contribution < -0.4 is 15.4 Å². The van der Waals surface area contributed by atoms with E-state index < -0.39 is 12.7 Å². The van der Waals surface area contributed by atoms with Crippen LogP contribution in [0.2, 0.25) is 0 Å². The molecule has 0 aliphatic heterocycles. The summed E-state index contributed by atoms with van der Waals surface area (Å²) in [5, 5.41) is 0. The van der Waals surface area contributed by atoms with E-state index in [2.05, 4.69) is 0 Å². The SMILES string of the molecule is CCCOc1cc(N(CC(F)(F)F)C2CC2)ccc1N. The molecule has 0 unspecified atom stereocenters. The maximum atomic E-state index is 12.7. The van der Waals surface area contributed by atoms with Crippen molar-refractivity contribution in [3.05, 3.63) is 18.2 Å². The summed E-state index contributed by atoms with van der Waals surface area (Å²) in [7, 11) is 0. The Bertz CT molecular complexity index is 458. The Morgan fingerprint density at radius 3 is 2.60 bits per heavy atom. The van der Waals surface area contributed by atoms with Gasteiger partial charge in [0, 0.05) is 17.8 Å². The molecular formula is C14H19F3N2O. The van der Waals surface area contributed by atoms with Crippen LogP contribution in [0, 0.1) is 0 Å². The Hall–Kier alpha value is -1.59. The van der Waals surface area contributed by atoms with Crippen LogP contribution in [-0.4, -0.2) is 25.4 Å². The average Bonchev–Trinajstić information content (AvgIpc) is 3.18. The third kappa shape index (κ3) is 3.95. The summed E-state index contributed by atoms with van der Waals surface area (Å²) in [5.41, 5.74) is 6.75. The van der Waals surface area contributed by atoms with Crippen LogP contribution in [0.15, 0.2) is 18.2 Å². The van der Waals surface area contributed by atoms with Crippen molar-refractivity contribution in [1.82, 2.24) is 0 Å². The largest absolute Gasteiger partial charge is 0.491 e. The molecule has 0 spiro atoms. The van der Waals surface area contributed by atoms with Gasteiger partial charge in [-0.2, -0.15) is 13.2 Å². The zero-order valence-corrected chi connectivity index (χ0v) is 11.4. The Morgan fingerprint density at radius 1 is 1.35 bits per heavy atom. The number of nitrogens with zero attached hydrogens (tertiary/aromatic N) is 1. The van der Waals surface area contributed by atoms with Gasteiger partial charge in [-0.15, -0.1) is 0 Å². The summed E-state index contributed by atoms with van der Waals surface area (Å²) in [4.78, 5) is 1.39. The highest BCUT2D eigenvalue weighted by Gasteiger charge is 2.38. The first-order valence-corrected chi connectivity index (χ1v) is 6.76. The maximum Gasteiger partial charge on any atom is 0.405 e. The number of benzene rings is 1. The fourth-order valence-electron chi connectivity index (χ4n) is 2.05. The molecular weight excluding hydrogens is 269 g/mol. The fourth-order valence-corrected chi connectivity index (χ4v) is 2.05. The van der Waals surface area contributed by atoms with Crippen LogP contribution in [0.4, 0.5) is 24.5 Å². The van der Waals surface area contributed by atoms with Crippen LogP contribution in [-0.2, 0) is 0 Å². The Kier molecular flexibility index (Phi) is 4.30. The summed E-state index contributed by atoms with van der Waals surface area (Å²) >= 11 is 0. The first-order chi connectivity index (χ1) is 9.40. The molecule has 1 aliphatic rings. The second-order valence-corrected chi connectivity index (χ2v) is 5.04. The molecule has 0 bridgehead atoms. The predicted molar refractivity (Wildman–Crippen MR) is 73.1 cm³/mol. The minimum atomic E-state index is -4.21. The first kappa shape index (κ1) is 14.8. The monoisotopic (exact) mass is 288 g/mol. The Labute approximate surface area is 116 Å². The lowest BCUT2D eigenvalue weighted by atomic mass is 10.2. The van der Waals surface area contributed by atoms with Crippen molar-refractivity contribution in [3.8, 4) is 5.75 Å². The molecule has 2 rings (SSSR count). The van der Waals surface area contributed by atoms with E-state index in [0.717, 1.165) is 19.3 Å². The van der Waals surface area contributed by atoms with E-state index in [9.17, 15) is 13.2 Å². The van der Waals surface area contributed by atoms with Crippen molar-refractivity contribution in [2.24, 2.45) is 0 Å². The van der Waals surface area contributed by atoms with E-state index >= 15 is 0 Å². The van der Waals surface area contributed by atoms with Gasteiger partial charge in [-0.3, -0.25) is 0 Å². The van der Waals surface area contributed by atoms with Gasteiger partial charge in [0.15, 0.2) is 0 Å². The molecule has 0 atom stereocenters. The number of rotatable bonds is 6. The van der Waals surface area contributed by atoms with Crippen molar-refractivity contribution in [2.45, 2.75) is 38.4 Å². The molecule has 0 aromatic heterocycles. The molecule has 0 heterocycles. The lowest BCUT2D eigenvalue weighted by Gasteiger charge is -2.26. The van der Waals surface area contributed by atoms with Crippen molar-refractivity contribution in [3.63, 3.8) is 0 Å². The third-order valence-electron chi connectivity index (χ3n) is 3.13. The molecule has 3 nitrogen and oxygen atoms in total. The Morgan fingerprint density at radius 2 is 2.05 bits per heavy atom. The summed E-state index contributed by atoms with van der Waals surface area (Å²) in [6.07, 6.45) is -1.80. The van der Waals surface area contributed by atoms with Gasteiger partial charge in [0.25, 0.3) is 0 Å². The lowest BCUT2D eigenvalue weighted by Crippen LogP contribution is -2.36. The summed E-state index contributed by atoms with van der Waals surface area (Å²) < 4.78 is 43.5. The number of hydrogen-bond acceptors (Lipinski definition) is 3. The highest BCUT2D eigenvalue weighted by atomic mass is 19.4. The van der Waals surface area contributed by atoms with Crippen molar-refractivity contribution in [1.29, 1.82) is 0 Å². The molecule has 112 valence electrons. The first-order valence-electron chi connectivity index (χ1n) is 6.76. The van der Waals surface area contributed by atoms with Crippen LogP contribution in [0.3, 0.4) is 0 Å². The molecule has 1 aromatic carbocycles. The average molecular weight is 288 g/mol. The van der Waals surface area contributed by atoms with Gasteiger partial charge in [0.1, 0.15) is 12.3 Å². The molecule has 0 saturated heterocycles. The van der Waals surface area contributed by atoms with E-state index in [1.54, 1.807) is 18.2 Å². The molecule has 1 saturated carbocycles. The summed E-state index contributed by atoms with van der Waals surface area (Å²) in [6, 6.07) is 4.80. The van der Waals surface area contributed by atoms with Gasteiger partial charge in [0.05, 0.1) is 12.3 Å². The van der Waals surface area contributed by atoms with Gasteiger partial charge in [-0.1, -0.05) is 6.92 Å². The van der Waals surface area contributed by atoms with Crippen LogP contribution >= 0.6 is 0 Å². The van der Waals surface area contributed by atoms with E-state index in [1.165, 1.54) is 4.90 Å². The molecule has 1 aliphatic carbocycles. The molecule has 1 aromatic rings. The number of halogens is 3. The highest BCUT2D eigenvalue weighted by Crippen LogP contribution is 2.37. The van der Waals surface area contributed by atoms with Gasteiger partial charge in [0.2, 0.25) is 0 Å². The van der Waals surface area contributed by atoms with Gasteiger partial charge >= 0.3 is 6.18 Å².